The monoisotopic (exact) mass is 404 g/mol. The summed E-state index contributed by atoms with van der Waals surface area (Å²) in [4.78, 5) is 16.6. The van der Waals surface area contributed by atoms with Gasteiger partial charge in [-0.05, 0) is 35.7 Å². The van der Waals surface area contributed by atoms with Crippen LogP contribution in [0.3, 0.4) is 0 Å². The Morgan fingerprint density at radius 2 is 2.10 bits per heavy atom. The third kappa shape index (κ3) is 5.88. The normalized spacial score (nSPS) is 19.6. The first-order valence-electron chi connectivity index (χ1n) is 9.86. The molecule has 2 aromatic rings. The van der Waals surface area contributed by atoms with Crippen LogP contribution in [0.15, 0.2) is 47.1 Å². The molecule has 1 aromatic heterocycles. The second-order valence-electron chi connectivity index (χ2n) is 7.46. The number of ether oxygens (including phenoxy) is 2. The summed E-state index contributed by atoms with van der Waals surface area (Å²) < 4.78 is 29.6. The Kier molecular flexibility index (Phi) is 7.80. The number of furan rings is 1. The predicted molar refractivity (Wildman–Crippen MR) is 107 cm³/mol. The van der Waals surface area contributed by atoms with Gasteiger partial charge in [0.1, 0.15) is 18.2 Å². The number of rotatable bonds is 10. The first kappa shape index (κ1) is 21.5. The maximum atomic E-state index is 13.9. The van der Waals surface area contributed by atoms with Crippen LogP contribution in [-0.4, -0.2) is 69.3 Å². The molecule has 1 amide bonds. The van der Waals surface area contributed by atoms with E-state index in [0.29, 0.717) is 26.2 Å². The summed E-state index contributed by atoms with van der Waals surface area (Å²) in [6.07, 6.45) is 1.67. The van der Waals surface area contributed by atoms with Crippen molar-refractivity contribution in [2.24, 2.45) is 5.92 Å². The summed E-state index contributed by atoms with van der Waals surface area (Å²) in [6.45, 7) is 3.85. The van der Waals surface area contributed by atoms with Crippen LogP contribution in [0, 0.1) is 11.7 Å². The second kappa shape index (κ2) is 10.5. The van der Waals surface area contributed by atoms with Crippen molar-refractivity contribution in [3.63, 3.8) is 0 Å². The lowest BCUT2D eigenvalue weighted by atomic mass is 9.88. The maximum absolute atomic E-state index is 13.9. The third-order valence-electron chi connectivity index (χ3n) is 5.39. The van der Waals surface area contributed by atoms with Gasteiger partial charge in [0.05, 0.1) is 19.4 Å². The zero-order valence-corrected chi connectivity index (χ0v) is 17.1. The molecule has 1 aliphatic heterocycles. The number of hydrogen-bond acceptors (Lipinski definition) is 5. The van der Waals surface area contributed by atoms with Crippen LogP contribution in [0.5, 0.6) is 0 Å². The molecule has 1 saturated heterocycles. The average molecular weight is 404 g/mol. The van der Waals surface area contributed by atoms with Crippen LogP contribution in [-0.2, 0) is 20.8 Å². The van der Waals surface area contributed by atoms with Crippen molar-refractivity contribution >= 4 is 5.91 Å². The van der Waals surface area contributed by atoms with Gasteiger partial charge in [0.2, 0.25) is 5.91 Å². The Bertz CT molecular complexity index is 768. The summed E-state index contributed by atoms with van der Waals surface area (Å²) in [7, 11) is 3.14. The molecule has 0 unspecified atom stereocenters. The smallest absolute Gasteiger partial charge is 0.248 e. The zero-order valence-electron chi connectivity index (χ0n) is 17.1. The van der Waals surface area contributed by atoms with Crippen molar-refractivity contribution in [1.29, 1.82) is 0 Å². The Labute approximate surface area is 171 Å². The first-order valence-corrected chi connectivity index (χ1v) is 9.86. The molecule has 1 fully saturated rings. The lowest BCUT2D eigenvalue weighted by Crippen LogP contribution is -2.41. The van der Waals surface area contributed by atoms with Gasteiger partial charge in [-0.15, -0.1) is 0 Å². The Hall–Kier alpha value is -2.22. The van der Waals surface area contributed by atoms with E-state index >= 15 is 0 Å². The highest BCUT2D eigenvalue weighted by atomic mass is 19.1. The highest BCUT2D eigenvalue weighted by molar-refractivity contribution is 5.77. The summed E-state index contributed by atoms with van der Waals surface area (Å²) in [6, 6.07) is 10.6. The van der Waals surface area contributed by atoms with Gasteiger partial charge in [-0.25, -0.2) is 4.39 Å². The van der Waals surface area contributed by atoms with E-state index in [9.17, 15) is 9.18 Å². The summed E-state index contributed by atoms with van der Waals surface area (Å²) in [5.41, 5.74) is 0.961. The number of hydrogen-bond donors (Lipinski definition) is 0. The fraction of sp³-hybridized carbons (Fsp3) is 0.500. The molecule has 2 heterocycles. The molecule has 29 heavy (non-hydrogen) atoms. The molecular formula is C22H29FN2O4. The van der Waals surface area contributed by atoms with Gasteiger partial charge in [-0.1, -0.05) is 12.1 Å². The zero-order chi connectivity index (χ0) is 20.6. The molecule has 0 saturated carbocycles. The molecule has 1 aliphatic rings. The van der Waals surface area contributed by atoms with Crippen LogP contribution in [0.2, 0.25) is 0 Å². The highest BCUT2D eigenvalue weighted by Gasteiger charge is 2.36. The van der Waals surface area contributed by atoms with E-state index in [0.717, 1.165) is 24.4 Å². The second-order valence-corrected chi connectivity index (χ2v) is 7.46. The molecule has 3 rings (SSSR count). The van der Waals surface area contributed by atoms with Gasteiger partial charge < -0.3 is 18.8 Å². The van der Waals surface area contributed by atoms with E-state index < -0.39 is 0 Å². The molecule has 0 aliphatic carbocycles. The van der Waals surface area contributed by atoms with E-state index in [2.05, 4.69) is 4.90 Å². The fourth-order valence-electron chi connectivity index (χ4n) is 4.03. The average Bonchev–Trinajstić information content (AvgIpc) is 3.35. The standard InChI is InChI=1S/C22H29FN2O4/c1-27-10-8-25(22(26)16-28-2)13-18-12-24(14-20-7-4-9-29-20)15-21(18)17-5-3-6-19(23)11-17/h3-7,9,11,18,21H,8,10,12-16H2,1-2H3/t18-,21+/m0/s1. The predicted octanol–water partition coefficient (Wildman–Crippen LogP) is 2.76. The van der Waals surface area contributed by atoms with Crippen LogP contribution in [0.1, 0.15) is 17.2 Å². The van der Waals surface area contributed by atoms with Gasteiger partial charge in [-0.2, -0.15) is 0 Å². The number of nitrogens with zero attached hydrogens (tertiary/aromatic N) is 2. The fourth-order valence-corrected chi connectivity index (χ4v) is 4.03. The van der Waals surface area contributed by atoms with E-state index in [1.165, 1.54) is 13.2 Å². The highest BCUT2D eigenvalue weighted by Crippen LogP contribution is 2.34. The number of carbonyl (C=O) groups excluding carboxylic acids is 1. The van der Waals surface area contributed by atoms with Crippen molar-refractivity contribution in [2.45, 2.75) is 12.5 Å². The Balaban J connectivity index is 1.77. The lowest BCUT2D eigenvalue weighted by Gasteiger charge is -2.28. The summed E-state index contributed by atoms with van der Waals surface area (Å²) >= 11 is 0. The van der Waals surface area contributed by atoms with Crippen molar-refractivity contribution in [3.05, 3.63) is 59.8 Å². The van der Waals surface area contributed by atoms with Gasteiger partial charge in [0, 0.05) is 46.3 Å². The quantitative estimate of drug-likeness (QED) is 0.610. The molecule has 0 radical (unpaired) electrons. The van der Waals surface area contributed by atoms with E-state index in [-0.39, 0.29) is 30.2 Å². The van der Waals surface area contributed by atoms with Gasteiger partial charge >= 0.3 is 0 Å². The molecule has 2 atom stereocenters. The Morgan fingerprint density at radius 1 is 1.24 bits per heavy atom. The van der Waals surface area contributed by atoms with Crippen molar-refractivity contribution in [3.8, 4) is 0 Å². The first-order chi connectivity index (χ1) is 14.1. The minimum atomic E-state index is -0.238. The Morgan fingerprint density at radius 3 is 2.79 bits per heavy atom. The van der Waals surface area contributed by atoms with Crippen LogP contribution >= 0.6 is 0 Å². The number of methoxy groups -OCH3 is 2. The molecular weight excluding hydrogens is 375 g/mol. The number of benzene rings is 1. The SMILES string of the molecule is COCCN(C[C@@H]1CN(Cc2ccco2)C[C@@H]1c1cccc(F)c1)C(=O)COC. The van der Waals surface area contributed by atoms with Crippen molar-refractivity contribution < 1.29 is 23.1 Å². The van der Waals surface area contributed by atoms with Crippen LogP contribution in [0.25, 0.3) is 0 Å². The molecule has 0 N–H and O–H groups in total. The van der Waals surface area contributed by atoms with Crippen molar-refractivity contribution in [2.75, 3.05) is 53.6 Å². The minimum Gasteiger partial charge on any atom is -0.468 e. The van der Waals surface area contributed by atoms with Crippen LogP contribution < -0.4 is 0 Å². The topological polar surface area (TPSA) is 55.2 Å². The molecule has 158 valence electrons. The third-order valence-corrected chi connectivity index (χ3v) is 5.39. The molecule has 0 spiro atoms. The molecule has 6 nitrogen and oxygen atoms in total. The molecule has 0 bridgehead atoms. The maximum Gasteiger partial charge on any atom is 0.248 e. The lowest BCUT2D eigenvalue weighted by molar-refractivity contribution is -0.136. The molecule has 1 aromatic carbocycles. The number of likely N-dealkylation sites (tertiary alicyclic amines) is 1. The van der Waals surface area contributed by atoms with E-state index in [1.54, 1.807) is 30.4 Å². The van der Waals surface area contributed by atoms with Gasteiger partial charge in [0.25, 0.3) is 0 Å². The van der Waals surface area contributed by atoms with Gasteiger partial charge in [-0.3, -0.25) is 9.69 Å². The largest absolute Gasteiger partial charge is 0.468 e. The van der Waals surface area contributed by atoms with Gasteiger partial charge in [0.15, 0.2) is 0 Å². The number of halogens is 1. The summed E-state index contributed by atoms with van der Waals surface area (Å²) in [5, 5.41) is 0. The van der Waals surface area contributed by atoms with E-state index in [1.807, 2.05) is 18.2 Å². The summed E-state index contributed by atoms with van der Waals surface area (Å²) in [5.74, 6) is 0.894. The molecule has 7 heteroatoms. The van der Waals surface area contributed by atoms with Crippen LogP contribution in [0.4, 0.5) is 4.39 Å². The number of carbonyl (C=O) groups is 1. The van der Waals surface area contributed by atoms with Crippen molar-refractivity contribution in [1.82, 2.24) is 9.80 Å². The minimum absolute atomic E-state index is 0.0389. The van der Waals surface area contributed by atoms with E-state index in [4.69, 9.17) is 13.9 Å². The number of amides is 1.